The Morgan fingerprint density at radius 3 is 2.18 bits per heavy atom. The summed E-state index contributed by atoms with van der Waals surface area (Å²) >= 11 is 12.0. The second-order valence-electron chi connectivity index (χ2n) is 6.19. The van der Waals surface area contributed by atoms with Gasteiger partial charge in [0.1, 0.15) is 0 Å². The average Bonchev–Trinajstić information content (AvgIpc) is 2.61. The van der Waals surface area contributed by atoms with Crippen LogP contribution in [0.2, 0.25) is 10.0 Å². The summed E-state index contributed by atoms with van der Waals surface area (Å²) in [4.78, 5) is 4.37. The van der Waals surface area contributed by atoms with E-state index in [2.05, 4.69) is 4.98 Å². The molecule has 0 aliphatic rings. The van der Waals surface area contributed by atoms with Crippen molar-refractivity contribution < 1.29 is 16.8 Å². The zero-order chi connectivity index (χ0) is 20.5. The fraction of sp³-hybridized carbons (Fsp3) is 0.105. The van der Waals surface area contributed by atoms with E-state index in [1.807, 2.05) is 0 Å². The van der Waals surface area contributed by atoms with Gasteiger partial charge in [-0.15, -0.1) is 0 Å². The number of nitrogens with zero attached hydrogens (tertiary/aromatic N) is 1. The maximum absolute atomic E-state index is 12.7. The largest absolute Gasteiger partial charge is 0.253 e. The molecule has 3 aromatic rings. The van der Waals surface area contributed by atoms with E-state index < -0.39 is 19.7 Å². The predicted molar refractivity (Wildman–Crippen MR) is 110 cm³/mol. The minimum Gasteiger partial charge on any atom is -0.253 e. The highest BCUT2D eigenvalue weighted by Crippen LogP contribution is 2.29. The number of hydrogen-bond donors (Lipinski definition) is 0. The van der Waals surface area contributed by atoms with Gasteiger partial charge in [-0.1, -0.05) is 47.5 Å². The van der Waals surface area contributed by atoms with Gasteiger partial charge < -0.3 is 0 Å². The van der Waals surface area contributed by atoms with Crippen molar-refractivity contribution in [2.75, 3.05) is 6.26 Å². The summed E-state index contributed by atoms with van der Waals surface area (Å²) < 4.78 is 48.8. The first-order chi connectivity index (χ1) is 13.1. The normalized spacial score (nSPS) is 12.1. The Balaban J connectivity index is 1.89. The molecule has 0 aliphatic heterocycles. The molecule has 2 aromatic carbocycles. The van der Waals surface area contributed by atoms with Gasteiger partial charge in [-0.05, 0) is 35.9 Å². The second kappa shape index (κ2) is 7.83. The minimum atomic E-state index is -3.66. The number of pyridine rings is 1. The Morgan fingerprint density at radius 1 is 0.893 bits per heavy atom. The van der Waals surface area contributed by atoms with Crippen LogP contribution < -0.4 is 0 Å². The first kappa shape index (κ1) is 20.8. The standard InChI is InChI=1S/C19H15Cl2NO4S2/c1-27(23,24)17-4-2-3-13(9-17)12-28(25,26)16-7-5-14(6-8-16)19-18(21)10-15(20)11-22-19/h2-11H,12H2,1H3. The number of benzene rings is 2. The number of aromatic nitrogens is 1. The zero-order valence-electron chi connectivity index (χ0n) is 14.6. The van der Waals surface area contributed by atoms with Crippen LogP contribution in [0.1, 0.15) is 5.56 Å². The van der Waals surface area contributed by atoms with Gasteiger partial charge in [-0.2, -0.15) is 0 Å². The molecule has 0 saturated heterocycles. The number of sulfone groups is 2. The van der Waals surface area contributed by atoms with Crippen LogP contribution in [0.15, 0.2) is 70.6 Å². The number of hydrogen-bond acceptors (Lipinski definition) is 5. The molecule has 0 bridgehead atoms. The van der Waals surface area contributed by atoms with E-state index in [0.717, 1.165) is 6.26 Å². The highest BCUT2D eigenvalue weighted by molar-refractivity contribution is 7.91. The van der Waals surface area contributed by atoms with Crippen molar-refractivity contribution in [2.24, 2.45) is 0 Å². The SMILES string of the molecule is CS(=O)(=O)c1cccc(CS(=O)(=O)c2ccc(-c3ncc(Cl)cc3Cl)cc2)c1. The molecule has 0 N–H and O–H groups in total. The van der Waals surface area contributed by atoms with Crippen molar-refractivity contribution in [1.82, 2.24) is 4.98 Å². The molecule has 0 amide bonds. The van der Waals surface area contributed by atoms with Gasteiger partial charge in [0.05, 0.1) is 31.3 Å². The smallest absolute Gasteiger partial charge is 0.182 e. The summed E-state index contributed by atoms with van der Waals surface area (Å²) in [6.45, 7) is 0. The van der Waals surface area contributed by atoms with Gasteiger partial charge in [0.15, 0.2) is 19.7 Å². The van der Waals surface area contributed by atoms with E-state index in [-0.39, 0.29) is 15.5 Å². The highest BCUT2D eigenvalue weighted by atomic mass is 35.5. The molecule has 3 rings (SSSR count). The predicted octanol–water partition coefficient (Wildman–Crippen LogP) is 4.43. The van der Waals surface area contributed by atoms with Gasteiger partial charge in [-0.3, -0.25) is 4.98 Å². The van der Waals surface area contributed by atoms with Crippen LogP contribution in [-0.2, 0) is 25.4 Å². The van der Waals surface area contributed by atoms with Gasteiger partial charge in [-0.25, -0.2) is 16.8 Å². The molecule has 0 atom stereocenters. The molecular weight excluding hydrogens is 441 g/mol. The summed E-state index contributed by atoms with van der Waals surface area (Å²) in [6.07, 6.45) is 2.54. The highest BCUT2D eigenvalue weighted by Gasteiger charge is 2.17. The van der Waals surface area contributed by atoms with Crippen molar-refractivity contribution in [3.8, 4) is 11.3 Å². The van der Waals surface area contributed by atoms with Crippen LogP contribution in [-0.4, -0.2) is 28.1 Å². The third-order valence-electron chi connectivity index (χ3n) is 3.98. The lowest BCUT2D eigenvalue weighted by atomic mass is 10.1. The van der Waals surface area contributed by atoms with E-state index in [1.54, 1.807) is 24.3 Å². The minimum absolute atomic E-state index is 0.0824. The lowest BCUT2D eigenvalue weighted by molar-refractivity contribution is 0.594. The van der Waals surface area contributed by atoms with Gasteiger partial charge in [0.2, 0.25) is 0 Å². The summed E-state index contributed by atoms with van der Waals surface area (Å²) in [5.41, 5.74) is 1.55. The van der Waals surface area contributed by atoms with Crippen molar-refractivity contribution in [3.63, 3.8) is 0 Å². The molecule has 0 unspecified atom stereocenters. The van der Waals surface area contributed by atoms with Crippen molar-refractivity contribution in [3.05, 3.63) is 76.4 Å². The van der Waals surface area contributed by atoms with Crippen LogP contribution in [0, 0.1) is 0 Å². The van der Waals surface area contributed by atoms with Crippen molar-refractivity contribution in [1.29, 1.82) is 0 Å². The first-order valence-electron chi connectivity index (χ1n) is 7.99. The van der Waals surface area contributed by atoms with Gasteiger partial charge >= 0.3 is 0 Å². The van der Waals surface area contributed by atoms with Crippen LogP contribution in [0.5, 0.6) is 0 Å². The summed E-state index contributed by atoms with van der Waals surface area (Å²) in [6, 6.07) is 13.6. The van der Waals surface area contributed by atoms with Gasteiger partial charge in [0, 0.05) is 18.0 Å². The maximum Gasteiger partial charge on any atom is 0.182 e. The zero-order valence-corrected chi connectivity index (χ0v) is 17.8. The maximum atomic E-state index is 12.7. The van der Waals surface area contributed by atoms with E-state index >= 15 is 0 Å². The molecule has 0 radical (unpaired) electrons. The topological polar surface area (TPSA) is 81.2 Å². The quantitative estimate of drug-likeness (QED) is 0.567. The molecule has 0 aliphatic carbocycles. The lowest BCUT2D eigenvalue weighted by Gasteiger charge is -2.08. The van der Waals surface area contributed by atoms with Gasteiger partial charge in [0.25, 0.3) is 0 Å². The number of halogens is 2. The summed E-state index contributed by atoms with van der Waals surface area (Å²) in [5.74, 6) is -0.310. The Kier molecular flexibility index (Phi) is 5.82. The van der Waals surface area contributed by atoms with Crippen LogP contribution in [0.4, 0.5) is 0 Å². The molecule has 5 nitrogen and oxygen atoms in total. The molecule has 9 heteroatoms. The third kappa shape index (κ3) is 4.72. The van der Waals surface area contributed by atoms with E-state index in [0.29, 0.717) is 26.9 Å². The molecule has 0 fully saturated rings. The Labute approximate surface area is 173 Å². The summed E-state index contributed by atoms with van der Waals surface area (Å²) in [5, 5.41) is 0.768. The Hall–Kier alpha value is -1.93. The molecule has 0 spiro atoms. The van der Waals surface area contributed by atoms with Crippen molar-refractivity contribution >= 4 is 42.9 Å². The molecule has 28 heavy (non-hydrogen) atoms. The van der Waals surface area contributed by atoms with E-state index in [1.165, 1.54) is 36.5 Å². The second-order valence-corrected chi connectivity index (χ2v) is 11.0. The average molecular weight is 456 g/mol. The molecule has 1 aromatic heterocycles. The fourth-order valence-corrected chi connectivity index (χ4v) is 5.13. The van der Waals surface area contributed by atoms with Crippen LogP contribution >= 0.6 is 23.2 Å². The molecule has 146 valence electrons. The van der Waals surface area contributed by atoms with E-state index in [9.17, 15) is 16.8 Å². The van der Waals surface area contributed by atoms with E-state index in [4.69, 9.17) is 23.2 Å². The fourth-order valence-electron chi connectivity index (χ4n) is 2.62. The van der Waals surface area contributed by atoms with Crippen LogP contribution in [0.3, 0.4) is 0 Å². The monoisotopic (exact) mass is 455 g/mol. The molecule has 0 saturated carbocycles. The Bertz CT molecular complexity index is 1240. The first-order valence-corrected chi connectivity index (χ1v) is 12.3. The lowest BCUT2D eigenvalue weighted by Crippen LogP contribution is -2.06. The third-order valence-corrected chi connectivity index (χ3v) is 7.29. The Morgan fingerprint density at radius 2 is 1.57 bits per heavy atom. The van der Waals surface area contributed by atoms with Crippen LogP contribution in [0.25, 0.3) is 11.3 Å². The van der Waals surface area contributed by atoms with Crippen molar-refractivity contribution in [2.45, 2.75) is 15.5 Å². The molecular formula is C19H15Cl2NO4S2. The summed E-state index contributed by atoms with van der Waals surface area (Å²) in [7, 11) is -7.07. The number of rotatable bonds is 5. The molecule has 1 heterocycles.